The second kappa shape index (κ2) is 7.55. The number of aromatic nitrogens is 3. The predicted octanol–water partition coefficient (Wildman–Crippen LogP) is 5.03. The molecule has 2 aromatic heterocycles. The third-order valence-electron chi connectivity index (χ3n) is 8.38. The number of anilines is 3. The Morgan fingerprint density at radius 2 is 1.76 bits per heavy atom. The molecule has 1 aliphatic carbocycles. The van der Waals surface area contributed by atoms with Crippen LogP contribution in [0.15, 0.2) is 48.5 Å². The van der Waals surface area contributed by atoms with Crippen LogP contribution in [0.2, 0.25) is 0 Å². The van der Waals surface area contributed by atoms with Gasteiger partial charge in [0.25, 0.3) is 0 Å². The van der Waals surface area contributed by atoms with Gasteiger partial charge in [0.1, 0.15) is 0 Å². The Labute approximate surface area is 204 Å². The van der Waals surface area contributed by atoms with Crippen molar-refractivity contribution < 1.29 is 0 Å². The summed E-state index contributed by atoms with van der Waals surface area (Å²) in [6.45, 7) is 5.16. The Morgan fingerprint density at radius 3 is 2.56 bits per heavy atom. The zero-order chi connectivity index (χ0) is 22.9. The number of nitrogens with zero attached hydrogens (tertiary/aromatic N) is 5. The van der Waals surface area contributed by atoms with Crippen LogP contribution in [0.4, 0.5) is 16.6 Å². The van der Waals surface area contributed by atoms with Gasteiger partial charge in [-0.25, -0.2) is 4.52 Å². The second-order valence-corrected chi connectivity index (χ2v) is 11.1. The predicted molar refractivity (Wildman–Crippen MR) is 138 cm³/mol. The third-order valence-corrected chi connectivity index (χ3v) is 9.35. The SMILES string of the molecule is Cc1c(N2CCCc3ccccc32)nc2sc(N3CCC4(CC3)Cc3ccccc3[C@H]4N)nn12. The van der Waals surface area contributed by atoms with Crippen molar-refractivity contribution in [3.63, 3.8) is 0 Å². The van der Waals surface area contributed by atoms with Crippen LogP contribution in [0, 0.1) is 12.3 Å². The molecule has 34 heavy (non-hydrogen) atoms. The number of piperidine rings is 1. The minimum Gasteiger partial charge on any atom is -0.347 e. The summed E-state index contributed by atoms with van der Waals surface area (Å²) < 4.78 is 2.05. The molecule has 0 saturated carbocycles. The first kappa shape index (κ1) is 20.5. The lowest BCUT2D eigenvalue weighted by Gasteiger charge is -2.42. The molecule has 2 aromatic carbocycles. The molecule has 1 atom stereocenters. The van der Waals surface area contributed by atoms with E-state index < -0.39 is 0 Å². The summed E-state index contributed by atoms with van der Waals surface area (Å²) in [7, 11) is 0. The molecule has 174 valence electrons. The summed E-state index contributed by atoms with van der Waals surface area (Å²) in [5.41, 5.74) is 13.6. The zero-order valence-corrected chi connectivity index (χ0v) is 20.4. The second-order valence-electron chi connectivity index (χ2n) is 10.2. The molecule has 1 spiro atoms. The summed E-state index contributed by atoms with van der Waals surface area (Å²) in [6, 6.07) is 17.6. The fourth-order valence-corrected chi connectivity index (χ4v) is 7.41. The van der Waals surface area contributed by atoms with E-state index in [-0.39, 0.29) is 11.5 Å². The molecule has 1 saturated heterocycles. The van der Waals surface area contributed by atoms with Crippen LogP contribution in [0.1, 0.15) is 47.7 Å². The minimum atomic E-state index is 0.150. The van der Waals surface area contributed by atoms with Crippen molar-refractivity contribution in [2.24, 2.45) is 11.1 Å². The topological polar surface area (TPSA) is 62.7 Å². The van der Waals surface area contributed by atoms with Crippen molar-refractivity contribution in [2.75, 3.05) is 29.4 Å². The van der Waals surface area contributed by atoms with Gasteiger partial charge in [0.2, 0.25) is 10.1 Å². The largest absolute Gasteiger partial charge is 0.347 e. The van der Waals surface area contributed by atoms with E-state index in [2.05, 4.69) is 65.3 Å². The maximum Gasteiger partial charge on any atom is 0.216 e. The van der Waals surface area contributed by atoms with Gasteiger partial charge in [-0.15, -0.1) is 5.10 Å². The summed E-state index contributed by atoms with van der Waals surface area (Å²) in [6.07, 6.45) is 5.63. The van der Waals surface area contributed by atoms with Crippen LogP contribution in [0.3, 0.4) is 0 Å². The van der Waals surface area contributed by atoms with Gasteiger partial charge >= 0.3 is 0 Å². The first-order chi connectivity index (χ1) is 16.6. The van der Waals surface area contributed by atoms with Crippen LogP contribution in [0.25, 0.3) is 4.96 Å². The van der Waals surface area contributed by atoms with E-state index in [1.807, 2.05) is 4.52 Å². The summed E-state index contributed by atoms with van der Waals surface area (Å²) in [4.78, 5) is 10.9. The van der Waals surface area contributed by atoms with Crippen LogP contribution < -0.4 is 15.5 Å². The number of hydrogen-bond acceptors (Lipinski definition) is 6. The average molecular weight is 471 g/mol. The van der Waals surface area contributed by atoms with Crippen molar-refractivity contribution in [3.8, 4) is 0 Å². The van der Waals surface area contributed by atoms with E-state index in [0.717, 1.165) is 73.3 Å². The number of rotatable bonds is 2. The number of fused-ring (bicyclic) bond motifs is 3. The average Bonchev–Trinajstić information content (AvgIpc) is 3.51. The Bertz CT molecular complexity index is 1380. The van der Waals surface area contributed by atoms with Gasteiger partial charge < -0.3 is 15.5 Å². The lowest BCUT2D eigenvalue weighted by molar-refractivity contribution is 0.187. The molecule has 7 rings (SSSR count). The van der Waals surface area contributed by atoms with Crippen molar-refractivity contribution in [1.82, 2.24) is 14.6 Å². The lowest BCUT2D eigenvalue weighted by atomic mass is 9.73. The molecule has 0 amide bonds. The monoisotopic (exact) mass is 470 g/mol. The van der Waals surface area contributed by atoms with Gasteiger partial charge in [0.05, 0.1) is 5.69 Å². The quantitative estimate of drug-likeness (QED) is 0.445. The van der Waals surface area contributed by atoms with Crippen LogP contribution in [-0.2, 0) is 12.8 Å². The van der Waals surface area contributed by atoms with Crippen molar-refractivity contribution in [3.05, 3.63) is 70.9 Å². The summed E-state index contributed by atoms with van der Waals surface area (Å²) >= 11 is 1.71. The molecule has 0 unspecified atom stereocenters. The highest BCUT2D eigenvalue weighted by atomic mass is 32.1. The number of imidazole rings is 1. The molecule has 6 nitrogen and oxygen atoms in total. The van der Waals surface area contributed by atoms with E-state index in [0.29, 0.717) is 0 Å². The smallest absolute Gasteiger partial charge is 0.216 e. The maximum atomic E-state index is 6.78. The van der Waals surface area contributed by atoms with E-state index in [1.54, 1.807) is 11.3 Å². The number of aryl methyl sites for hydroxylation is 2. The fourth-order valence-electron chi connectivity index (χ4n) is 6.41. The molecule has 3 aliphatic rings. The van der Waals surface area contributed by atoms with Gasteiger partial charge in [-0.05, 0) is 67.2 Å². The molecule has 0 radical (unpaired) electrons. The van der Waals surface area contributed by atoms with E-state index in [4.69, 9.17) is 15.8 Å². The molecule has 2 N–H and O–H groups in total. The fraction of sp³-hybridized carbons (Fsp3) is 0.407. The van der Waals surface area contributed by atoms with Gasteiger partial charge in [0, 0.05) is 31.4 Å². The Balaban J connectivity index is 1.13. The van der Waals surface area contributed by atoms with E-state index >= 15 is 0 Å². The molecule has 7 heteroatoms. The number of para-hydroxylation sites is 1. The normalized spacial score (nSPS) is 21.3. The molecule has 0 bridgehead atoms. The van der Waals surface area contributed by atoms with E-state index in [9.17, 15) is 0 Å². The van der Waals surface area contributed by atoms with Crippen molar-refractivity contribution in [1.29, 1.82) is 0 Å². The summed E-state index contributed by atoms with van der Waals surface area (Å²) in [5, 5.41) is 6.10. The molecule has 4 heterocycles. The van der Waals surface area contributed by atoms with Crippen molar-refractivity contribution >= 4 is 32.9 Å². The molecule has 1 fully saturated rings. The Hall–Kier alpha value is -2.90. The first-order valence-corrected chi connectivity index (χ1v) is 13.2. The van der Waals surface area contributed by atoms with Gasteiger partial charge in [0.15, 0.2) is 5.82 Å². The highest BCUT2D eigenvalue weighted by Crippen LogP contribution is 2.51. The summed E-state index contributed by atoms with van der Waals surface area (Å²) in [5.74, 6) is 1.05. The van der Waals surface area contributed by atoms with Gasteiger partial charge in [-0.3, -0.25) is 0 Å². The van der Waals surface area contributed by atoms with Gasteiger partial charge in [-0.1, -0.05) is 53.8 Å². The van der Waals surface area contributed by atoms with Crippen LogP contribution >= 0.6 is 11.3 Å². The first-order valence-electron chi connectivity index (χ1n) is 12.4. The maximum absolute atomic E-state index is 6.78. The molecule has 4 aromatic rings. The van der Waals surface area contributed by atoms with Crippen LogP contribution in [0.5, 0.6) is 0 Å². The minimum absolute atomic E-state index is 0.150. The van der Waals surface area contributed by atoms with E-state index in [1.165, 1.54) is 22.4 Å². The molecular formula is C27H30N6S. The highest BCUT2D eigenvalue weighted by molar-refractivity contribution is 7.20. The third kappa shape index (κ3) is 2.96. The zero-order valence-electron chi connectivity index (χ0n) is 19.6. The Kier molecular flexibility index (Phi) is 4.55. The lowest BCUT2D eigenvalue weighted by Crippen LogP contribution is -2.44. The van der Waals surface area contributed by atoms with Gasteiger partial charge in [-0.2, -0.15) is 4.98 Å². The molecule has 2 aliphatic heterocycles. The number of benzene rings is 2. The highest BCUT2D eigenvalue weighted by Gasteiger charge is 2.46. The van der Waals surface area contributed by atoms with Crippen LogP contribution in [-0.4, -0.2) is 34.2 Å². The number of nitrogens with two attached hydrogens (primary N) is 1. The number of hydrogen-bond donors (Lipinski definition) is 1. The standard InChI is InChI=1S/C27H30N6S/c1-18-24(32-14-6-9-19-7-3-5-11-22(19)32)29-25-33(18)30-26(34-25)31-15-12-27(13-16-31)17-20-8-2-4-10-21(20)23(27)28/h2-5,7-8,10-11,23H,6,9,12-17,28H2,1H3/t23-/m1/s1. The molecular weight excluding hydrogens is 440 g/mol. The Morgan fingerprint density at radius 1 is 1.00 bits per heavy atom. The van der Waals surface area contributed by atoms with Crippen molar-refractivity contribution in [2.45, 2.75) is 45.1 Å².